The summed E-state index contributed by atoms with van der Waals surface area (Å²) in [5, 5.41) is 0. The normalized spacial score (nSPS) is 12.5. The Balaban J connectivity index is 3.02. The van der Waals surface area contributed by atoms with Crippen molar-refractivity contribution < 1.29 is 19.1 Å². The van der Waals surface area contributed by atoms with Crippen LogP contribution in [0.5, 0.6) is 5.75 Å². The van der Waals surface area contributed by atoms with Crippen molar-refractivity contribution in [1.29, 1.82) is 0 Å². The molecule has 0 N–H and O–H groups in total. The number of aldehydes is 1. The summed E-state index contributed by atoms with van der Waals surface area (Å²) in [6.45, 7) is 7.23. The van der Waals surface area contributed by atoms with Crippen LogP contribution in [0.1, 0.15) is 37.9 Å². The first kappa shape index (κ1) is 17.0. The van der Waals surface area contributed by atoms with Crippen molar-refractivity contribution in [1.82, 2.24) is 4.90 Å². The highest BCUT2D eigenvalue weighted by Crippen LogP contribution is 2.26. The predicted octanol–water partition coefficient (Wildman–Crippen LogP) is 3.11. The topological polar surface area (TPSA) is 55.8 Å². The molecular formula is C16H23NO4. The van der Waals surface area contributed by atoms with Crippen molar-refractivity contribution in [2.75, 3.05) is 14.2 Å². The molecule has 0 fully saturated rings. The summed E-state index contributed by atoms with van der Waals surface area (Å²) in [4.78, 5) is 24.8. The number of amides is 1. The Morgan fingerprint density at radius 3 is 2.38 bits per heavy atom. The van der Waals surface area contributed by atoms with Crippen LogP contribution < -0.4 is 4.74 Å². The number of carbonyl (C=O) groups excluding carboxylic acids is 2. The molecule has 0 aliphatic rings. The minimum atomic E-state index is -0.689. The third-order valence-corrected chi connectivity index (χ3v) is 3.02. The van der Waals surface area contributed by atoms with Gasteiger partial charge in [-0.1, -0.05) is 6.07 Å². The van der Waals surface area contributed by atoms with Gasteiger partial charge in [-0.15, -0.1) is 0 Å². The number of nitrogens with zero attached hydrogens (tertiary/aromatic N) is 1. The van der Waals surface area contributed by atoms with E-state index in [1.54, 1.807) is 47.1 Å². The molecular weight excluding hydrogens is 270 g/mol. The number of ether oxygens (including phenoxy) is 2. The molecule has 0 aromatic heterocycles. The van der Waals surface area contributed by atoms with Crippen molar-refractivity contribution in [2.45, 2.75) is 39.3 Å². The first-order valence-electron chi connectivity index (χ1n) is 6.75. The van der Waals surface area contributed by atoms with E-state index >= 15 is 0 Å². The van der Waals surface area contributed by atoms with Gasteiger partial charge in [-0.2, -0.15) is 0 Å². The Bertz CT molecular complexity index is 519. The lowest BCUT2D eigenvalue weighted by Crippen LogP contribution is -2.37. The van der Waals surface area contributed by atoms with Crippen LogP contribution in [0.4, 0.5) is 4.79 Å². The van der Waals surface area contributed by atoms with E-state index in [9.17, 15) is 9.59 Å². The van der Waals surface area contributed by atoms with Gasteiger partial charge in [0.25, 0.3) is 0 Å². The van der Waals surface area contributed by atoms with Gasteiger partial charge in [-0.25, -0.2) is 4.79 Å². The lowest BCUT2D eigenvalue weighted by atomic mass is 10.0. The molecule has 5 heteroatoms. The summed E-state index contributed by atoms with van der Waals surface area (Å²) in [5.41, 5.74) is 1.02. The molecule has 0 spiro atoms. The number of aryl methyl sites for hydroxylation is 1. The van der Waals surface area contributed by atoms with Gasteiger partial charge in [0, 0.05) is 7.05 Å². The van der Waals surface area contributed by atoms with Gasteiger partial charge >= 0.3 is 6.09 Å². The van der Waals surface area contributed by atoms with Crippen molar-refractivity contribution in [2.24, 2.45) is 0 Å². The van der Waals surface area contributed by atoms with Crippen molar-refractivity contribution >= 4 is 12.4 Å². The smallest absolute Gasteiger partial charge is 0.410 e. The molecule has 21 heavy (non-hydrogen) atoms. The van der Waals surface area contributed by atoms with Gasteiger partial charge in [-0.05, 0) is 51.0 Å². The highest BCUT2D eigenvalue weighted by atomic mass is 16.6. The molecule has 1 aromatic carbocycles. The van der Waals surface area contributed by atoms with Gasteiger partial charge in [0.15, 0.2) is 0 Å². The molecule has 0 bridgehead atoms. The molecule has 116 valence electrons. The predicted molar refractivity (Wildman–Crippen MR) is 80.5 cm³/mol. The number of methoxy groups -OCH3 is 1. The molecule has 5 nitrogen and oxygen atoms in total. The quantitative estimate of drug-likeness (QED) is 0.800. The van der Waals surface area contributed by atoms with Crippen molar-refractivity contribution in [3.05, 3.63) is 29.3 Å². The van der Waals surface area contributed by atoms with E-state index in [1.807, 2.05) is 13.0 Å². The van der Waals surface area contributed by atoms with E-state index in [2.05, 4.69) is 0 Å². The summed E-state index contributed by atoms with van der Waals surface area (Å²) in [6.07, 6.45) is 0.202. The lowest BCUT2D eigenvalue weighted by molar-refractivity contribution is -0.112. The molecule has 1 rings (SSSR count). The Morgan fingerprint density at radius 2 is 1.95 bits per heavy atom. The van der Waals surface area contributed by atoms with Gasteiger partial charge in [-0.3, -0.25) is 4.90 Å². The van der Waals surface area contributed by atoms with E-state index in [0.29, 0.717) is 5.75 Å². The minimum absolute atomic E-state index is 0.533. The molecule has 0 heterocycles. The largest absolute Gasteiger partial charge is 0.497 e. The zero-order valence-corrected chi connectivity index (χ0v) is 13.5. The zero-order chi connectivity index (χ0) is 16.2. The molecule has 1 amide bonds. The monoisotopic (exact) mass is 293 g/mol. The number of rotatable bonds is 4. The molecule has 1 atom stereocenters. The average molecular weight is 293 g/mol. The Kier molecular flexibility index (Phi) is 5.35. The second-order valence-electron chi connectivity index (χ2n) is 5.89. The van der Waals surface area contributed by atoms with Crippen LogP contribution in [-0.2, 0) is 9.53 Å². The summed E-state index contributed by atoms with van der Waals surface area (Å²) in [7, 11) is 3.13. The molecule has 0 saturated heterocycles. The van der Waals surface area contributed by atoms with Crippen LogP contribution in [-0.4, -0.2) is 37.0 Å². The molecule has 0 saturated carbocycles. The van der Waals surface area contributed by atoms with E-state index in [-0.39, 0.29) is 0 Å². The zero-order valence-electron chi connectivity index (χ0n) is 13.5. The second-order valence-corrected chi connectivity index (χ2v) is 5.89. The van der Waals surface area contributed by atoms with Crippen LogP contribution in [0.2, 0.25) is 0 Å². The van der Waals surface area contributed by atoms with Crippen LogP contribution >= 0.6 is 0 Å². The van der Waals surface area contributed by atoms with Crippen LogP contribution in [0.25, 0.3) is 0 Å². The first-order chi connectivity index (χ1) is 9.69. The third-order valence-electron chi connectivity index (χ3n) is 3.02. The molecule has 0 radical (unpaired) electrons. The van der Waals surface area contributed by atoms with E-state index in [4.69, 9.17) is 9.47 Å². The summed E-state index contributed by atoms with van der Waals surface area (Å²) < 4.78 is 10.4. The SMILES string of the molecule is COc1ccc(C(C=O)N(C)C(=O)OC(C)(C)C)c(C)c1. The summed E-state index contributed by atoms with van der Waals surface area (Å²) in [6, 6.07) is 4.69. The standard InChI is InChI=1S/C16H23NO4/c1-11-9-12(20-6)7-8-13(11)14(10-18)17(5)15(19)21-16(2,3)4/h7-10,14H,1-6H3. The van der Waals surface area contributed by atoms with Crippen LogP contribution in [0, 0.1) is 6.92 Å². The Morgan fingerprint density at radius 1 is 1.33 bits per heavy atom. The fourth-order valence-corrected chi connectivity index (χ4v) is 1.93. The molecule has 1 aromatic rings. The molecule has 1 unspecified atom stereocenters. The highest BCUT2D eigenvalue weighted by Gasteiger charge is 2.27. The maximum absolute atomic E-state index is 12.1. The fourth-order valence-electron chi connectivity index (χ4n) is 1.93. The van der Waals surface area contributed by atoms with Crippen molar-refractivity contribution in [3.63, 3.8) is 0 Å². The Labute approximate surface area is 125 Å². The number of likely N-dealkylation sites (N-methyl/N-ethyl adjacent to an activating group) is 1. The van der Waals surface area contributed by atoms with Crippen LogP contribution in [0.15, 0.2) is 18.2 Å². The van der Waals surface area contributed by atoms with Gasteiger partial charge in [0.2, 0.25) is 0 Å². The van der Waals surface area contributed by atoms with Gasteiger partial charge in [0.1, 0.15) is 23.7 Å². The van der Waals surface area contributed by atoms with Gasteiger partial charge in [0.05, 0.1) is 7.11 Å². The summed E-state index contributed by atoms with van der Waals surface area (Å²) in [5.74, 6) is 0.709. The van der Waals surface area contributed by atoms with Crippen LogP contribution in [0.3, 0.4) is 0 Å². The minimum Gasteiger partial charge on any atom is -0.497 e. The van der Waals surface area contributed by atoms with Gasteiger partial charge < -0.3 is 14.3 Å². The molecule has 0 aliphatic carbocycles. The van der Waals surface area contributed by atoms with E-state index < -0.39 is 17.7 Å². The summed E-state index contributed by atoms with van der Waals surface area (Å²) >= 11 is 0. The van der Waals surface area contributed by atoms with E-state index in [1.165, 1.54) is 4.90 Å². The number of hydrogen-bond donors (Lipinski definition) is 0. The highest BCUT2D eigenvalue weighted by molar-refractivity contribution is 5.75. The maximum Gasteiger partial charge on any atom is 0.410 e. The first-order valence-corrected chi connectivity index (χ1v) is 6.75. The average Bonchev–Trinajstić information content (AvgIpc) is 2.39. The Hall–Kier alpha value is -2.04. The van der Waals surface area contributed by atoms with Crippen molar-refractivity contribution in [3.8, 4) is 5.75 Å². The fraction of sp³-hybridized carbons (Fsp3) is 0.500. The number of hydrogen-bond acceptors (Lipinski definition) is 4. The second kappa shape index (κ2) is 6.61. The third kappa shape index (κ3) is 4.48. The number of carbonyl (C=O) groups is 2. The molecule has 0 aliphatic heterocycles. The maximum atomic E-state index is 12.1. The van der Waals surface area contributed by atoms with E-state index in [0.717, 1.165) is 17.4 Å². The number of benzene rings is 1. The lowest BCUT2D eigenvalue weighted by Gasteiger charge is -2.28.